The molecule has 1 heterocycles. The summed E-state index contributed by atoms with van der Waals surface area (Å²) in [6.07, 6.45) is 0. The second-order valence-electron chi connectivity index (χ2n) is 4.49. The second kappa shape index (κ2) is 5.13. The fraction of sp³-hybridized carbons (Fsp3) is 0.385. The highest BCUT2D eigenvalue weighted by Crippen LogP contribution is 2.21. The lowest BCUT2D eigenvalue weighted by atomic mass is 10.2. The molecule has 1 aromatic heterocycles. The Balaban J connectivity index is 2.53. The van der Waals surface area contributed by atoms with Gasteiger partial charge >= 0.3 is 0 Å². The number of H-pyrrole nitrogens is 1. The number of rotatable bonds is 3. The third kappa shape index (κ3) is 2.40. The highest BCUT2D eigenvalue weighted by Gasteiger charge is 2.21. The molecule has 0 spiro atoms. The predicted octanol–water partition coefficient (Wildman–Crippen LogP) is 2.88. The minimum absolute atomic E-state index is 0.0242. The van der Waals surface area contributed by atoms with Gasteiger partial charge in [0, 0.05) is 13.6 Å². The SMILES string of the molecule is CCN(C)C(=O)C(C)n1c(=S)[nH]c2cc(F)ccc21. The summed E-state index contributed by atoms with van der Waals surface area (Å²) >= 11 is 5.23. The molecule has 0 aliphatic carbocycles. The van der Waals surface area contributed by atoms with Crippen molar-refractivity contribution >= 4 is 29.2 Å². The first-order valence-corrected chi connectivity index (χ1v) is 6.51. The van der Waals surface area contributed by atoms with E-state index in [1.54, 1.807) is 29.5 Å². The molecule has 0 aliphatic rings. The van der Waals surface area contributed by atoms with Gasteiger partial charge in [-0.2, -0.15) is 0 Å². The van der Waals surface area contributed by atoms with Crippen LogP contribution in [0.2, 0.25) is 0 Å². The summed E-state index contributed by atoms with van der Waals surface area (Å²) in [5.74, 6) is -0.357. The first-order chi connectivity index (χ1) is 8.95. The number of imidazole rings is 1. The first-order valence-electron chi connectivity index (χ1n) is 6.10. The standard InChI is InChI=1S/C13H16FN3OS/c1-4-16(3)12(18)8(2)17-11-6-5-9(14)7-10(11)15-13(17)19/h5-8H,4H2,1-3H3,(H,15,19). The number of nitrogens with one attached hydrogen (secondary N) is 1. The van der Waals surface area contributed by atoms with Gasteiger partial charge in [0.05, 0.1) is 11.0 Å². The minimum Gasteiger partial charge on any atom is -0.344 e. The zero-order valence-electron chi connectivity index (χ0n) is 11.1. The quantitative estimate of drug-likeness (QED) is 0.879. The van der Waals surface area contributed by atoms with E-state index in [1.165, 1.54) is 12.1 Å². The summed E-state index contributed by atoms with van der Waals surface area (Å²) in [7, 11) is 1.75. The van der Waals surface area contributed by atoms with Crippen LogP contribution in [0.25, 0.3) is 11.0 Å². The Bertz CT molecular complexity index is 676. The Hall–Kier alpha value is -1.69. The summed E-state index contributed by atoms with van der Waals surface area (Å²) in [5.41, 5.74) is 1.33. The van der Waals surface area contributed by atoms with Crippen molar-refractivity contribution < 1.29 is 9.18 Å². The average Bonchev–Trinajstić information content (AvgIpc) is 2.71. The van der Waals surface area contributed by atoms with Gasteiger partial charge in [-0.3, -0.25) is 4.79 Å². The van der Waals surface area contributed by atoms with Crippen molar-refractivity contribution in [1.29, 1.82) is 0 Å². The molecule has 6 heteroatoms. The maximum atomic E-state index is 13.2. The molecule has 1 unspecified atom stereocenters. The molecule has 4 nitrogen and oxygen atoms in total. The smallest absolute Gasteiger partial charge is 0.245 e. The number of benzene rings is 1. The topological polar surface area (TPSA) is 41.0 Å². The van der Waals surface area contributed by atoms with E-state index in [9.17, 15) is 9.18 Å². The molecule has 0 aliphatic heterocycles. The Labute approximate surface area is 115 Å². The van der Waals surface area contributed by atoms with Gasteiger partial charge in [0.25, 0.3) is 0 Å². The molecule has 1 amide bonds. The second-order valence-corrected chi connectivity index (χ2v) is 4.88. The van der Waals surface area contributed by atoms with E-state index < -0.39 is 6.04 Å². The van der Waals surface area contributed by atoms with Gasteiger partial charge in [0.2, 0.25) is 5.91 Å². The predicted molar refractivity (Wildman–Crippen MR) is 75.1 cm³/mol. The van der Waals surface area contributed by atoms with Crippen LogP contribution in [0.4, 0.5) is 4.39 Å². The fourth-order valence-corrected chi connectivity index (χ4v) is 2.44. The highest BCUT2D eigenvalue weighted by atomic mass is 32.1. The van der Waals surface area contributed by atoms with Crippen LogP contribution >= 0.6 is 12.2 Å². The van der Waals surface area contributed by atoms with E-state index in [1.807, 2.05) is 6.92 Å². The van der Waals surface area contributed by atoms with Crippen molar-refractivity contribution in [3.05, 3.63) is 28.8 Å². The number of aromatic nitrogens is 2. The maximum absolute atomic E-state index is 13.2. The molecule has 1 atom stereocenters. The molecule has 102 valence electrons. The molecule has 1 N–H and O–H groups in total. The van der Waals surface area contributed by atoms with E-state index in [4.69, 9.17) is 12.2 Å². The molecule has 0 bridgehead atoms. The van der Waals surface area contributed by atoms with Gasteiger partial charge in [-0.15, -0.1) is 0 Å². The van der Waals surface area contributed by atoms with E-state index in [2.05, 4.69) is 4.98 Å². The van der Waals surface area contributed by atoms with E-state index in [0.29, 0.717) is 16.8 Å². The third-order valence-electron chi connectivity index (χ3n) is 3.27. The van der Waals surface area contributed by atoms with Crippen molar-refractivity contribution in [3.8, 4) is 0 Å². The Kier molecular flexibility index (Phi) is 3.71. The van der Waals surface area contributed by atoms with E-state index in [0.717, 1.165) is 5.52 Å². The zero-order chi connectivity index (χ0) is 14.2. The van der Waals surface area contributed by atoms with Gasteiger partial charge in [0.1, 0.15) is 11.9 Å². The first kappa shape index (κ1) is 13.7. The summed E-state index contributed by atoms with van der Waals surface area (Å²) < 4.78 is 15.3. The molecule has 0 radical (unpaired) electrons. The number of likely N-dealkylation sites (N-methyl/N-ethyl adjacent to an activating group) is 1. The number of aromatic amines is 1. The van der Waals surface area contributed by atoms with Gasteiger partial charge in [-0.1, -0.05) is 0 Å². The van der Waals surface area contributed by atoms with Crippen LogP contribution in [0.15, 0.2) is 18.2 Å². The summed E-state index contributed by atoms with van der Waals surface area (Å²) in [4.78, 5) is 16.8. The van der Waals surface area contributed by atoms with Crippen molar-refractivity contribution in [2.45, 2.75) is 19.9 Å². The lowest BCUT2D eigenvalue weighted by Gasteiger charge is -2.21. The highest BCUT2D eigenvalue weighted by molar-refractivity contribution is 7.71. The van der Waals surface area contributed by atoms with Crippen LogP contribution < -0.4 is 0 Å². The maximum Gasteiger partial charge on any atom is 0.245 e. The Morgan fingerprint density at radius 2 is 2.26 bits per heavy atom. The zero-order valence-corrected chi connectivity index (χ0v) is 11.9. The van der Waals surface area contributed by atoms with Gasteiger partial charge in [0.15, 0.2) is 4.77 Å². The van der Waals surface area contributed by atoms with Crippen molar-refractivity contribution in [1.82, 2.24) is 14.5 Å². The molecular weight excluding hydrogens is 265 g/mol. The normalized spacial score (nSPS) is 12.6. The van der Waals surface area contributed by atoms with Crippen molar-refractivity contribution in [2.24, 2.45) is 0 Å². The monoisotopic (exact) mass is 281 g/mol. The number of fused-ring (bicyclic) bond motifs is 1. The largest absolute Gasteiger partial charge is 0.344 e. The molecule has 2 rings (SSSR count). The molecule has 0 fully saturated rings. The third-order valence-corrected chi connectivity index (χ3v) is 3.57. The number of carbonyl (C=O) groups is 1. The minimum atomic E-state index is -0.420. The number of hydrogen-bond acceptors (Lipinski definition) is 2. The van der Waals surface area contributed by atoms with E-state index in [-0.39, 0.29) is 11.7 Å². The van der Waals surface area contributed by atoms with Crippen LogP contribution in [0.1, 0.15) is 19.9 Å². The summed E-state index contributed by atoms with van der Waals surface area (Å²) in [6.45, 7) is 4.34. The summed E-state index contributed by atoms with van der Waals surface area (Å²) in [5, 5.41) is 0. The number of hydrogen-bond donors (Lipinski definition) is 1. The van der Waals surface area contributed by atoms with Crippen molar-refractivity contribution in [3.63, 3.8) is 0 Å². The number of halogens is 1. The van der Waals surface area contributed by atoms with Crippen LogP contribution in [0, 0.1) is 10.6 Å². The number of carbonyl (C=O) groups excluding carboxylic acids is 1. The van der Waals surface area contributed by atoms with Gasteiger partial charge < -0.3 is 14.5 Å². The number of amides is 1. The number of nitrogens with zero attached hydrogens (tertiary/aromatic N) is 2. The van der Waals surface area contributed by atoms with Gasteiger partial charge in [-0.05, 0) is 44.3 Å². The fourth-order valence-electron chi connectivity index (χ4n) is 2.07. The lowest BCUT2D eigenvalue weighted by Crippen LogP contribution is -2.32. The summed E-state index contributed by atoms with van der Waals surface area (Å²) in [6, 6.07) is 3.95. The van der Waals surface area contributed by atoms with E-state index >= 15 is 0 Å². The Morgan fingerprint density at radius 1 is 1.58 bits per heavy atom. The average molecular weight is 281 g/mol. The molecular formula is C13H16FN3OS. The molecule has 0 saturated heterocycles. The molecule has 0 saturated carbocycles. The van der Waals surface area contributed by atoms with Gasteiger partial charge in [-0.25, -0.2) is 4.39 Å². The molecule has 19 heavy (non-hydrogen) atoms. The van der Waals surface area contributed by atoms with Crippen LogP contribution in [-0.2, 0) is 4.79 Å². The lowest BCUT2D eigenvalue weighted by molar-refractivity contribution is -0.132. The molecule has 2 aromatic rings. The van der Waals surface area contributed by atoms with Crippen LogP contribution in [-0.4, -0.2) is 34.0 Å². The van der Waals surface area contributed by atoms with Crippen LogP contribution in [0.5, 0.6) is 0 Å². The Morgan fingerprint density at radius 3 is 2.89 bits per heavy atom. The van der Waals surface area contributed by atoms with Crippen molar-refractivity contribution in [2.75, 3.05) is 13.6 Å². The molecule has 1 aromatic carbocycles. The van der Waals surface area contributed by atoms with Crippen LogP contribution in [0.3, 0.4) is 0 Å².